The van der Waals surface area contributed by atoms with E-state index >= 15 is 0 Å². The van der Waals surface area contributed by atoms with E-state index < -0.39 is 5.82 Å². The Morgan fingerprint density at radius 3 is 2.95 bits per heavy atom. The van der Waals surface area contributed by atoms with Crippen molar-refractivity contribution in [3.8, 4) is 0 Å². The molecule has 3 N–H and O–H groups in total. The van der Waals surface area contributed by atoms with Gasteiger partial charge in [-0.15, -0.1) is 0 Å². The predicted molar refractivity (Wildman–Crippen MR) is 82.6 cm³/mol. The first kappa shape index (κ1) is 15.7. The average molecular weight is 294 g/mol. The van der Waals surface area contributed by atoms with Crippen molar-refractivity contribution in [1.29, 1.82) is 0 Å². The molecule has 116 valence electrons. The summed E-state index contributed by atoms with van der Waals surface area (Å²) < 4.78 is 13.5. The fourth-order valence-electron chi connectivity index (χ4n) is 2.55. The second-order valence-corrected chi connectivity index (χ2v) is 5.74. The predicted octanol–water partition coefficient (Wildman–Crippen LogP) is 1.37. The van der Waals surface area contributed by atoms with Crippen LogP contribution < -0.4 is 11.1 Å². The maximum absolute atomic E-state index is 13.5. The molecule has 1 heterocycles. The maximum atomic E-state index is 13.5. The summed E-state index contributed by atoms with van der Waals surface area (Å²) in [4.78, 5) is 16.4. The molecule has 5 nitrogen and oxygen atoms in total. The van der Waals surface area contributed by atoms with E-state index in [1.807, 2.05) is 0 Å². The fraction of sp³-hybridized carbons (Fsp3) is 0.533. The molecule has 1 aliphatic rings. The summed E-state index contributed by atoms with van der Waals surface area (Å²) in [5, 5.41) is 2.58. The minimum atomic E-state index is -0.466. The van der Waals surface area contributed by atoms with E-state index in [4.69, 9.17) is 5.73 Å². The molecule has 21 heavy (non-hydrogen) atoms. The molecule has 1 atom stereocenters. The molecule has 1 amide bonds. The number of amides is 1. The first-order chi connectivity index (χ1) is 9.95. The van der Waals surface area contributed by atoms with Crippen molar-refractivity contribution in [2.75, 3.05) is 44.8 Å². The number of halogens is 1. The van der Waals surface area contributed by atoms with Gasteiger partial charge in [0.1, 0.15) is 5.82 Å². The zero-order valence-corrected chi connectivity index (χ0v) is 12.6. The highest BCUT2D eigenvalue weighted by molar-refractivity contribution is 5.91. The van der Waals surface area contributed by atoms with Crippen LogP contribution in [0.5, 0.6) is 0 Å². The molecule has 0 aromatic heterocycles. The van der Waals surface area contributed by atoms with Gasteiger partial charge < -0.3 is 20.9 Å². The van der Waals surface area contributed by atoms with Crippen LogP contribution in [0.15, 0.2) is 18.2 Å². The van der Waals surface area contributed by atoms with Gasteiger partial charge in [0, 0.05) is 31.2 Å². The van der Waals surface area contributed by atoms with Crippen LogP contribution in [0.2, 0.25) is 0 Å². The molecule has 1 saturated heterocycles. The average Bonchev–Trinajstić information content (AvgIpc) is 2.90. The Labute approximate surface area is 124 Å². The van der Waals surface area contributed by atoms with Crippen molar-refractivity contribution in [3.63, 3.8) is 0 Å². The third-order valence-electron chi connectivity index (χ3n) is 3.90. The van der Waals surface area contributed by atoms with Gasteiger partial charge in [-0.05, 0) is 45.3 Å². The molecule has 0 saturated carbocycles. The number of carbonyl (C=O) groups is 1. The Kier molecular flexibility index (Phi) is 5.14. The van der Waals surface area contributed by atoms with Gasteiger partial charge >= 0.3 is 0 Å². The number of carbonyl (C=O) groups excluding carboxylic acids is 1. The summed E-state index contributed by atoms with van der Waals surface area (Å²) in [6, 6.07) is 4.72. The standard InChI is InChI=1S/C15H23FN4O/c1-19(2)12-5-7-20(10-12)8-6-15(21)18-14-9-11(17)3-4-13(14)16/h3-4,9,12H,5-8,10,17H2,1-2H3,(H,18,21)/t12-/m0/s1. The lowest BCUT2D eigenvalue weighted by Crippen LogP contribution is -2.32. The molecule has 0 bridgehead atoms. The number of nitrogens with one attached hydrogen (secondary N) is 1. The molecule has 2 rings (SSSR count). The summed E-state index contributed by atoms with van der Waals surface area (Å²) in [6.45, 7) is 2.68. The molecule has 6 heteroatoms. The van der Waals surface area contributed by atoms with Crippen LogP contribution in [0.25, 0.3) is 0 Å². The first-order valence-corrected chi connectivity index (χ1v) is 7.19. The van der Waals surface area contributed by atoms with Gasteiger partial charge in [0.05, 0.1) is 5.69 Å². The third-order valence-corrected chi connectivity index (χ3v) is 3.90. The highest BCUT2D eigenvalue weighted by Crippen LogP contribution is 2.18. The Morgan fingerprint density at radius 1 is 1.52 bits per heavy atom. The minimum absolute atomic E-state index is 0.146. The maximum Gasteiger partial charge on any atom is 0.225 e. The van der Waals surface area contributed by atoms with E-state index in [-0.39, 0.29) is 11.6 Å². The van der Waals surface area contributed by atoms with Gasteiger partial charge in [-0.3, -0.25) is 4.79 Å². The first-order valence-electron chi connectivity index (χ1n) is 7.19. The van der Waals surface area contributed by atoms with E-state index in [2.05, 4.69) is 29.2 Å². The van der Waals surface area contributed by atoms with Crippen molar-refractivity contribution in [1.82, 2.24) is 9.80 Å². The lowest BCUT2D eigenvalue weighted by Gasteiger charge is -2.20. The molecule has 0 unspecified atom stereocenters. The largest absolute Gasteiger partial charge is 0.399 e. The number of rotatable bonds is 5. The van der Waals surface area contributed by atoms with Gasteiger partial charge in [-0.2, -0.15) is 0 Å². The normalized spacial score (nSPS) is 19.1. The van der Waals surface area contributed by atoms with Crippen molar-refractivity contribution >= 4 is 17.3 Å². The van der Waals surface area contributed by atoms with Gasteiger partial charge in [-0.1, -0.05) is 0 Å². The lowest BCUT2D eigenvalue weighted by molar-refractivity contribution is -0.116. The van der Waals surface area contributed by atoms with Crippen molar-refractivity contribution in [2.45, 2.75) is 18.9 Å². The van der Waals surface area contributed by atoms with E-state index in [1.54, 1.807) is 0 Å². The Balaban J connectivity index is 1.79. The molecule has 1 aromatic carbocycles. The molecule has 1 fully saturated rings. The number of hydrogen-bond donors (Lipinski definition) is 2. The number of nitrogens with zero attached hydrogens (tertiary/aromatic N) is 2. The van der Waals surface area contributed by atoms with Crippen LogP contribution in [-0.4, -0.2) is 55.5 Å². The molecule has 1 aromatic rings. The van der Waals surface area contributed by atoms with E-state index in [1.165, 1.54) is 18.2 Å². The topological polar surface area (TPSA) is 61.6 Å². The van der Waals surface area contributed by atoms with Gasteiger partial charge in [0.25, 0.3) is 0 Å². The summed E-state index contributed by atoms with van der Waals surface area (Å²) in [6.07, 6.45) is 1.48. The summed E-state index contributed by atoms with van der Waals surface area (Å²) in [5.41, 5.74) is 6.17. The molecular formula is C15H23FN4O. The van der Waals surface area contributed by atoms with E-state index in [0.29, 0.717) is 24.7 Å². The summed E-state index contributed by atoms with van der Waals surface area (Å²) in [5.74, 6) is -0.654. The highest BCUT2D eigenvalue weighted by atomic mass is 19.1. The zero-order valence-electron chi connectivity index (χ0n) is 12.6. The minimum Gasteiger partial charge on any atom is -0.399 e. The fourth-order valence-corrected chi connectivity index (χ4v) is 2.55. The van der Waals surface area contributed by atoms with Crippen LogP contribution in [0.3, 0.4) is 0 Å². The number of nitrogens with two attached hydrogens (primary N) is 1. The van der Waals surface area contributed by atoms with Gasteiger partial charge in [0.15, 0.2) is 0 Å². The van der Waals surface area contributed by atoms with Crippen LogP contribution in [0, 0.1) is 5.82 Å². The Bertz CT molecular complexity index is 506. The Hall–Kier alpha value is -1.66. The van der Waals surface area contributed by atoms with E-state index in [9.17, 15) is 9.18 Å². The number of anilines is 2. The van der Waals surface area contributed by atoms with Gasteiger partial charge in [0.2, 0.25) is 5.91 Å². The smallest absolute Gasteiger partial charge is 0.225 e. The quantitative estimate of drug-likeness (QED) is 0.805. The van der Waals surface area contributed by atoms with Crippen LogP contribution >= 0.6 is 0 Å². The van der Waals surface area contributed by atoms with Crippen molar-refractivity contribution in [3.05, 3.63) is 24.0 Å². The van der Waals surface area contributed by atoms with Crippen molar-refractivity contribution < 1.29 is 9.18 Å². The van der Waals surface area contributed by atoms with Crippen LogP contribution in [-0.2, 0) is 4.79 Å². The molecule has 0 aliphatic carbocycles. The third kappa shape index (κ3) is 4.41. The zero-order chi connectivity index (χ0) is 15.4. The van der Waals surface area contributed by atoms with Gasteiger partial charge in [-0.25, -0.2) is 4.39 Å². The number of hydrogen-bond acceptors (Lipinski definition) is 4. The van der Waals surface area contributed by atoms with Crippen LogP contribution in [0.1, 0.15) is 12.8 Å². The Morgan fingerprint density at radius 2 is 2.29 bits per heavy atom. The van der Waals surface area contributed by atoms with E-state index in [0.717, 1.165) is 19.5 Å². The second-order valence-electron chi connectivity index (χ2n) is 5.74. The lowest BCUT2D eigenvalue weighted by atomic mass is 10.2. The molecule has 1 aliphatic heterocycles. The van der Waals surface area contributed by atoms with Crippen LogP contribution in [0.4, 0.5) is 15.8 Å². The van der Waals surface area contributed by atoms with Crippen molar-refractivity contribution in [2.24, 2.45) is 0 Å². The molecule has 0 spiro atoms. The second kappa shape index (κ2) is 6.87. The number of nitrogen functional groups attached to an aromatic ring is 1. The monoisotopic (exact) mass is 294 g/mol. The SMILES string of the molecule is CN(C)[C@H]1CCN(CCC(=O)Nc2cc(N)ccc2F)C1. The highest BCUT2D eigenvalue weighted by Gasteiger charge is 2.23. The number of likely N-dealkylation sites (tertiary alicyclic amines) is 1. The molecule has 0 radical (unpaired) electrons. The summed E-state index contributed by atoms with van der Waals surface area (Å²) in [7, 11) is 4.15. The summed E-state index contributed by atoms with van der Waals surface area (Å²) >= 11 is 0. The number of benzene rings is 1. The molecular weight excluding hydrogens is 271 g/mol. The number of likely N-dealkylation sites (N-methyl/N-ethyl adjacent to an activating group) is 1.